The summed E-state index contributed by atoms with van der Waals surface area (Å²) in [6, 6.07) is 1.06. The number of aliphatic hydroxyl groups excluding tert-OH is 1. The van der Waals surface area contributed by atoms with Crippen molar-refractivity contribution < 1.29 is 5.11 Å². The maximum Gasteiger partial charge on any atom is 0.0695 e. The van der Waals surface area contributed by atoms with Crippen LogP contribution >= 0.6 is 0 Å². The summed E-state index contributed by atoms with van der Waals surface area (Å²) in [4.78, 5) is 2.36. The van der Waals surface area contributed by atoms with E-state index in [1.165, 1.54) is 38.6 Å². The van der Waals surface area contributed by atoms with Gasteiger partial charge >= 0.3 is 0 Å². The van der Waals surface area contributed by atoms with E-state index in [9.17, 15) is 5.11 Å². The lowest BCUT2D eigenvalue weighted by Gasteiger charge is -2.32. The fourth-order valence-electron chi connectivity index (χ4n) is 3.00. The molecule has 2 rings (SSSR count). The van der Waals surface area contributed by atoms with Gasteiger partial charge in [0, 0.05) is 18.6 Å². The van der Waals surface area contributed by atoms with E-state index in [0.29, 0.717) is 12.1 Å². The second-order valence-electron chi connectivity index (χ2n) is 5.15. The van der Waals surface area contributed by atoms with Gasteiger partial charge in [0.1, 0.15) is 0 Å². The lowest BCUT2D eigenvalue weighted by Crippen LogP contribution is -2.47. The third-order valence-corrected chi connectivity index (χ3v) is 3.93. The third kappa shape index (κ3) is 2.92. The molecule has 0 aromatic carbocycles. The van der Waals surface area contributed by atoms with E-state index in [1.807, 2.05) is 0 Å². The van der Waals surface area contributed by atoms with Crippen LogP contribution in [-0.4, -0.2) is 48.3 Å². The summed E-state index contributed by atoms with van der Waals surface area (Å²) < 4.78 is 0. The summed E-state index contributed by atoms with van der Waals surface area (Å²) in [7, 11) is 2.16. The molecule has 2 fully saturated rings. The van der Waals surface area contributed by atoms with Crippen molar-refractivity contribution in [1.82, 2.24) is 10.2 Å². The maximum atomic E-state index is 9.83. The Hall–Kier alpha value is -0.120. The van der Waals surface area contributed by atoms with Crippen LogP contribution in [0.3, 0.4) is 0 Å². The highest BCUT2D eigenvalue weighted by atomic mass is 16.3. The highest BCUT2D eigenvalue weighted by Gasteiger charge is 2.29. The first-order chi connectivity index (χ1) is 7.27. The molecule has 0 aromatic rings. The first kappa shape index (κ1) is 11.4. The van der Waals surface area contributed by atoms with Gasteiger partial charge in [-0.3, -0.25) is 4.90 Å². The minimum Gasteiger partial charge on any atom is -0.391 e. The van der Waals surface area contributed by atoms with Crippen molar-refractivity contribution in [3.05, 3.63) is 0 Å². The molecule has 1 saturated carbocycles. The van der Waals surface area contributed by atoms with Gasteiger partial charge in [-0.2, -0.15) is 0 Å². The van der Waals surface area contributed by atoms with Crippen LogP contribution in [0.1, 0.15) is 38.5 Å². The molecule has 3 atom stereocenters. The average molecular weight is 212 g/mol. The van der Waals surface area contributed by atoms with Crippen LogP contribution in [-0.2, 0) is 0 Å². The predicted octanol–water partition coefficient (Wildman–Crippen LogP) is 0.974. The fraction of sp³-hybridized carbons (Fsp3) is 1.00. The smallest absolute Gasteiger partial charge is 0.0695 e. The monoisotopic (exact) mass is 212 g/mol. The van der Waals surface area contributed by atoms with Crippen molar-refractivity contribution in [2.24, 2.45) is 0 Å². The normalized spacial score (nSPS) is 37.4. The van der Waals surface area contributed by atoms with Crippen LogP contribution < -0.4 is 5.32 Å². The van der Waals surface area contributed by atoms with Gasteiger partial charge < -0.3 is 10.4 Å². The molecule has 0 amide bonds. The Bertz CT molecular complexity index is 192. The molecule has 0 bridgehead atoms. The van der Waals surface area contributed by atoms with Crippen LogP contribution in [0.25, 0.3) is 0 Å². The molecule has 15 heavy (non-hydrogen) atoms. The lowest BCUT2D eigenvalue weighted by molar-refractivity contribution is 0.0786. The molecule has 0 radical (unpaired) electrons. The van der Waals surface area contributed by atoms with Gasteiger partial charge in [-0.15, -0.1) is 0 Å². The zero-order valence-electron chi connectivity index (χ0n) is 9.78. The van der Waals surface area contributed by atoms with Crippen LogP contribution in [0.2, 0.25) is 0 Å². The third-order valence-electron chi connectivity index (χ3n) is 3.93. The minimum atomic E-state index is -0.0846. The van der Waals surface area contributed by atoms with Crippen molar-refractivity contribution in [2.45, 2.75) is 56.7 Å². The van der Waals surface area contributed by atoms with Gasteiger partial charge in [0.25, 0.3) is 0 Å². The van der Waals surface area contributed by atoms with Crippen molar-refractivity contribution in [1.29, 1.82) is 0 Å². The molecule has 3 unspecified atom stereocenters. The van der Waals surface area contributed by atoms with Crippen LogP contribution in [0, 0.1) is 0 Å². The number of hydrogen-bond donors (Lipinski definition) is 2. The van der Waals surface area contributed by atoms with Crippen LogP contribution in [0.4, 0.5) is 0 Å². The molecule has 1 aliphatic heterocycles. The zero-order valence-corrected chi connectivity index (χ0v) is 9.78. The molecule has 1 aliphatic carbocycles. The topological polar surface area (TPSA) is 35.5 Å². The number of hydrogen-bond acceptors (Lipinski definition) is 3. The molecule has 2 N–H and O–H groups in total. The van der Waals surface area contributed by atoms with Gasteiger partial charge in [-0.05, 0) is 45.7 Å². The Morgan fingerprint density at radius 1 is 1.20 bits per heavy atom. The number of nitrogens with one attached hydrogen (secondary N) is 1. The first-order valence-electron chi connectivity index (χ1n) is 6.39. The Morgan fingerprint density at radius 3 is 2.67 bits per heavy atom. The van der Waals surface area contributed by atoms with Crippen LogP contribution in [0.5, 0.6) is 0 Å². The molecule has 1 saturated heterocycles. The second kappa shape index (κ2) is 5.28. The van der Waals surface area contributed by atoms with Gasteiger partial charge in [0.15, 0.2) is 0 Å². The number of piperidine rings is 1. The molecule has 2 aliphatic rings. The van der Waals surface area contributed by atoms with Crippen molar-refractivity contribution in [3.63, 3.8) is 0 Å². The van der Waals surface area contributed by atoms with E-state index in [1.54, 1.807) is 0 Å². The quantitative estimate of drug-likeness (QED) is 0.732. The Morgan fingerprint density at radius 2 is 2.07 bits per heavy atom. The predicted molar refractivity (Wildman–Crippen MR) is 61.9 cm³/mol. The summed E-state index contributed by atoms with van der Waals surface area (Å²) in [5.41, 5.74) is 0. The maximum absolute atomic E-state index is 9.83. The van der Waals surface area contributed by atoms with Crippen LogP contribution in [0.15, 0.2) is 0 Å². The minimum absolute atomic E-state index is 0.0846. The molecule has 0 spiro atoms. The highest BCUT2D eigenvalue weighted by molar-refractivity contribution is 4.86. The standard InChI is InChI=1S/C12H24N2O/c1-14(11-6-4-7-12(11)15)9-10-5-2-3-8-13-10/h10-13,15H,2-9H2,1H3. The first-order valence-corrected chi connectivity index (χ1v) is 6.39. The van der Waals surface area contributed by atoms with E-state index in [-0.39, 0.29) is 6.10 Å². The average Bonchev–Trinajstić information content (AvgIpc) is 2.66. The molecule has 3 heteroatoms. The second-order valence-corrected chi connectivity index (χ2v) is 5.15. The largest absolute Gasteiger partial charge is 0.391 e. The summed E-state index contributed by atoms with van der Waals surface area (Å²) >= 11 is 0. The number of nitrogens with zero attached hydrogens (tertiary/aromatic N) is 1. The SMILES string of the molecule is CN(CC1CCCCN1)C1CCCC1O. The fourth-order valence-corrected chi connectivity index (χ4v) is 3.00. The zero-order chi connectivity index (χ0) is 10.7. The van der Waals surface area contributed by atoms with Crippen molar-refractivity contribution >= 4 is 0 Å². The van der Waals surface area contributed by atoms with E-state index in [2.05, 4.69) is 17.3 Å². The summed E-state index contributed by atoms with van der Waals surface area (Å²) in [5, 5.41) is 13.4. The van der Waals surface area contributed by atoms with Gasteiger partial charge in [0.2, 0.25) is 0 Å². The van der Waals surface area contributed by atoms with E-state index >= 15 is 0 Å². The Balaban J connectivity index is 1.77. The summed E-state index contributed by atoms with van der Waals surface area (Å²) in [6.07, 6.45) is 7.25. The molecule has 88 valence electrons. The van der Waals surface area contributed by atoms with E-state index in [4.69, 9.17) is 0 Å². The molecule has 3 nitrogen and oxygen atoms in total. The molecular weight excluding hydrogens is 188 g/mol. The van der Waals surface area contributed by atoms with E-state index in [0.717, 1.165) is 13.0 Å². The van der Waals surface area contributed by atoms with Crippen molar-refractivity contribution in [3.8, 4) is 0 Å². The Kier molecular flexibility index (Phi) is 4.00. The highest BCUT2D eigenvalue weighted by Crippen LogP contribution is 2.23. The number of rotatable bonds is 3. The number of aliphatic hydroxyl groups is 1. The summed E-state index contributed by atoms with van der Waals surface area (Å²) in [5.74, 6) is 0. The van der Waals surface area contributed by atoms with E-state index < -0.39 is 0 Å². The molecule has 1 heterocycles. The van der Waals surface area contributed by atoms with Crippen molar-refractivity contribution in [2.75, 3.05) is 20.1 Å². The summed E-state index contributed by atoms with van der Waals surface area (Å²) in [6.45, 7) is 2.27. The number of likely N-dealkylation sites (N-methyl/N-ethyl adjacent to an activating group) is 1. The van der Waals surface area contributed by atoms with Gasteiger partial charge in [0.05, 0.1) is 6.10 Å². The molecule has 0 aromatic heterocycles. The Labute approximate surface area is 92.8 Å². The lowest BCUT2D eigenvalue weighted by atomic mass is 10.0. The van der Waals surface area contributed by atoms with Gasteiger partial charge in [-0.25, -0.2) is 0 Å². The molecular formula is C12H24N2O. The van der Waals surface area contributed by atoms with Gasteiger partial charge in [-0.1, -0.05) is 6.42 Å².